The molecule has 3 rings (SSSR count). The van der Waals surface area contributed by atoms with Gasteiger partial charge in [-0.2, -0.15) is 5.26 Å². The molecular weight excluding hydrogens is 474 g/mol. The summed E-state index contributed by atoms with van der Waals surface area (Å²) in [4.78, 5) is 24.2. The zero-order valence-electron chi connectivity index (χ0n) is 20.9. The fourth-order valence-electron chi connectivity index (χ4n) is 3.76. The van der Waals surface area contributed by atoms with E-state index in [1.807, 2.05) is 52.0 Å². The van der Waals surface area contributed by atoms with E-state index < -0.39 is 21.4 Å². The van der Waals surface area contributed by atoms with Crippen LogP contribution in [0, 0.1) is 16.7 Å². The van der Waals surface area contributed by atoms with E-state index >= 15 is 0 Å². The topological polar surface area (TPSA) is 101 Å². The minimum absolute atomic E-state index is 0.0404. The number of hydrogen-bond acceptors (Lipinski definition) is 6. The van der Waals surface area contributed by atoms with Crippen molar-refractivity contribution < 1.29 is 22.7 Å². The Morgan fingerprint density at radius 2 is 1.64 bits per heavy atom. The molecule has 0 saturated carbocycles. The second-order valence-corrected chi connectivity index (χ2v) is 11.8. The molecule has 6 nitrogen and oxygen atoms in total. The molecule has 0 aliphatic heterocycles. The molecule has 0 bridgehead atoms. The third kappa shape index (κ3) is 6.89. The molecule has 0 saturated heterocycles. The number of carbonyl (C=O) groups is 2. The fourth-order valence-corrected chi connectivity index (χ4v) is 5.16. The lowest BCUT2D eigenvalue weighted by Gasteiger charge is -2.17. The molecule has 3 aromatic rings. The molecule has 186 valence electrons. The van der Waals surface area contributed by atoms with Gasteiger partial charge >= 0.3 is 0 Å². The quantitative estimate of drug-likeness (QED) is 0.314. The van der Waals surface area contributed by atoms with Crippen LogP contribution in [0.1, 0.15) is 56.5 Å². The molecule has 0 N–H and O–H groups in total. The van der Waals surface area contributed by atoms with Gasteiger partial charge < -0.3 is 4.74 Å². The molecule has 3 aromatic carbocycles. The molecule has 0 atom stereocenters. The molecule has 0 amide bonds. The Labute approximate surface area is 212 Å². The Bertz CT molecular complexity index is 1430. The molecule has 0 unspecified atom stereocenters. The molecule has 0 aromatic heterocycles. The highest BCUT2D eigenvalue weighted by Crippen LogP contribution is 2.33. The minimum Gasteiger partial charge on any atom is -0.456 e. The van der Waals surface area contributed by atoms with E-state index in [-0.39, 0.29) is 33.8 Å². The summed E-state index contributed by atoms with van der Waals surface area (Å²) in [5.41, 5.74) is 2.14. The van der Waals surface area contributed by atoms with Gasteiger partial charge in [-0.3, -0.25) is 9.59 Å². The van der Waals surface area contributed by atoms with E-state index in [0.717, 1.165) is 11.1 Å². The van der Waals surface area contributed by atoms with Crippen LogP contribution in [-0.2, 0) is 14.6 Å². The lowest BCUT2D eigenvalue weighted by atomic mass is 9.90. The lowest BCUT2D eigenvalue weighted by Crippen LogP contribution is -2.21. The van der Waals surface area contributed by atoms with E-state index in [1.165, 1.54) is 18.2 Å². The highest BCUT2D eigenvalue weighted by atomic mass is 32.2. The van der Waals surface area contributed by atoms with Crippen LogP contribution in [0.3, 0.4) is 0 Å². The van der Waals surface area contributed by atoms with Gasteiger partial charge in [0.05, 0.1) is 11.6 Å². The van der Waals surface area contributed by atoms with E-state index in [4.69, 9.17) is 4.74 Å². The van der Waals surface area contributed by atoms with Crippen LogP contribution >= 0.6 is 0 Å². The maximum Gasteiger partial charge on any atom is 0.189 e. The predicted octanol–water partition coefficient (Wildman–Crippen LogP) is 6.39. The molecule has 36 heavy (non-hydrogen) atoms. The van der Waals surface area contributed by atoms with Gasteiger partial charge in [0.1, 0.15) is 27.9 Å². The molecule has 0 heterocycles. The Balaban J connectivity index is 1.92. The summed E-state index contributed by atoms with van der Waals surface area (Å²) in [6.07, 6.45) is 0.547. The normalized spacial score (nSPS) is 11.5. The minimum atomic E-state index is -4.05. The van der Waals surface area contributed by atoms with Crippen LogP contribution < -0.4 is 4.74 Å². The maximum atomic E-state index is 13.2. The number of hydrogen-bond donors (Lipinski definition) is 0. The molecule has 0 aliphatic rings. The van der Waals surface area contributed by atoms with Crippen molar-refractivity contribution in [1.82, 2.24) is 0 Å². The number of nitrogens with zero attached hydrogens (tertiary/aromatic N) is 1. The van der Waals surface area contributed by atoms with E-state index in [2.05, 4.69) is 0 Å². The third-order valence-electron chi connectivity index (χ3n) is 5.41. The van der Waals surface area contributed by atoms with Crippen molar-refractivity contribution in [3.8, 4) is 28.7 Å². The monoisotopic (exact) mass is 503 g/mol. The number of ether oxygens (including phenoxy) is 1. The molecule has 7 heteroatoms. The van der Waals surface area contributed by atoms with Gasteiger partial charge in [0, 0.05) is 18.4 Å². The summed E-state index contributed by atoms with van der Waals surface area (Å²) in [6.45, 7) is 7.41. The zero-order valence-corrected chi connectivity index (χ0v) is 21.7. The number of sulfone groups is 1. The van der Waals surface area contributed by atoms with Gasteiger partial charge in [0.15, 0.2) is 15.6 Å². The van der Waals surface area contributed by atoms with Crippen molar-refractivity contribution in [2.24, 2.45) is 5.41 Å². The molecule has 0 spiro atoms. The van der Waals surface area contributed by atoms with Crippen molar-refractivity contribution >= 4 is 21.4 Å². The highest BCUT2D eigenvalue weighted by Gasteiger charge is 2.27. The van der Waals surface area contributed by atoms with Crippen molar-refractivity contribution in [2.45, 2.75) is 45.4 Å². The number of carbonyl (C=O) groups excluding carboxylic acids is 2. The molecule has 0 fully saturated rings. The fraction of sp³-hybridized carbons (Fsp3) is 0.276. The number of Topliss-reactive ketones (excluding diaryl/α,β-unsaturated/α-hetero) is 2. The maximum absolute atomic E-state index is 13.2. The summed E-state index contributed by atoms with van der Waals surface area (Å²) in [6, 6.07) is 20.4. The number of benzene rings is 3. The summed E-state index contributed by atoms with van der Waals surface area (Å²) in [5, 5.41) is 9.30. The van der Waals surface area contributed by atoms with Gasteiger partial charge in [-0.1, -0.05) is 64.1 Å². The van der Waals surface area contributed by atoms with Gasteiger partial charge in [-0.05, 0) is 46.9 Å². The summed E-state index contributed by atoms with van der Waals surface area (Å²) < 4.78 is 32.3. The Hall–Kier alpha value is -3.76. The summed E-state index contributed by atoms with van der Waals surface area (Å²) in [7, 11) is -4.05. The van der Waals surface area contributed by atoms with Crippen molar-refractivity contribution in [3.05, 3.63) is 77.9 Å². The average Bonchev–Trinajstić information content (AvgIpc) is 2.82. The van der Waals surface area contributed by atoms with Crippen LogP contribution in [0.25, 0.3) is 11.1 Å². The van der Waals surface area contributed by atoms with Crippen LogP contribution in [0.2, 0.25) is 0 Å². The van der Waals surface area contributed by atoms with Crippen molar-refractivity contribution in [2.75, 3.05) is 5.75 Å². The summed E-state index contributed by atoms with van der Waals surface area (Å²) >= 11 is 0. The Morgan fingerprint density at radius 1 is 0.944 bits per heavy atom. The van der Waals surface area contributed by atoms with Crippen LogP contribution in [0.15, 0.2) is 71.6 Å². The van der Waals surface area contributed by atoms with Crippen LogP contribution in [-0.4, -0.2) is 25.7 Å². The van der Waals surface area contributed by atoms with Crippen LogP contribution in [0.5, 0.6) is 11.5 Å². The highest BCUT2D eigenvalue weighted by molar-refractivity contribution is 7.92. The molecular formula is C29H29NO5S. The first-order chi connectivity index (χ1) is 16.9. The van der Waals surface area contributed by atoms with Crippen molar-refractivity contribution in [3.63, 3.8) is 0 Å². The Kier molecular flexibility index (Phi) is 8.11. The first kappa shape index (κ1) is 26.8. The van der Waals surface area contributed by atoms with Gasteiger partial charge in [-0.15, -0.1) is 0 Å². The zero-order chi connectivity index (χ0) is 26.5. The Morgan fingerprint density at radius 3 is 2.25 bits per heavy atom. The van der Waals surface area contributed by atoms with E-state index in [0.29, 0.717) is 17.7 Å². The first-order valence-corrected chi connectivity index (χ1v) is 13.3. The van der Waals surface area contributed by atoms with Gasteiger partial charge in [0.25, 0.3) is 0 Å². The predicted molar refractivity (Wildman–Crippen MR) is 139 cm³/mol. The second-order valence-electron chi connectivity index (χ2n) is 9.79. The lowest BCUT2D eigenvalue weighted by molar-refractivity contribution is -0.118. The third-order valence-corrected chi connectivity index (χ3v) is 7.10. The SMILES string of the molecule is CCC(=O)c1ccc(-c2cccc(Oc3ccc(C#N)cc3S(=O)(=O)CC(=O)CC(C)(C)C)c2)cc1. The molecule has 0 aliphatic carbocycles. The molecule has 0 radical (unpaired) electrons. The first-order valence-electron chi connectivity index (χ1n) is 11.6. The largest absolute Gasteiger partial charge is 0.456 e. The number of nitriles is 1. The van der Waals surface area contributed by atoms with Gasteiger partial charge in [0.2, 0.25) is 0 Å². The van der Waals surface area contributed by atoms with Crippen LogP contribution in [0.4, 0.5) is 0 Å². The van der Waals surface area contributed by atoms with Gasteiger partial charge in [-0.25, -0.2) is 8.42 Å². The van der Waals surface area contributed by atoms with E-state index in [1.54, 1.807) is 30.3 Å². The average molecular weight is 504 g/mol. The van der Waals surface area contributed by atoms with Crippen molar-refractivity contribution in [1.29, 1.82) is 5.26 Å². The number of rotatable bonds is 9. The van der Waals surface area contributed by atoms with E-state index in [9.17, 15) is 23.3 Å². The smallest absolute Gasteiger partial charge is 0.189 e. The standard InChI is InChI=1S/C29H29NO5S/c1-5-26(32)22-12-10-21(11-13-22)23-7-6-8-25(16-23)35-27-14-9-20(18-30)15-28(27)36(33,34)19-24(31)17-29(2,3)4/h6-16H,5,17,19H2,1-4H3. The summed E-state index contributed by atoms with van der Waals surface area (Å²) in [5.74, 6) is -0.572. The second kappa shape index (κ2) is 10.9. The number of ketones is 2.